The van der Waals surface area contributed by atoms with Crippen molar-refractivity contribution in [2.45, 2.75) is 38.8 Å². The van der Waals surface area contributed by atoms with Crippen molar-refractivity contribution >= 4 is 29.3 Å². The van der Waals surface area contributed by atoms with Crippen molar-refractivity contribution in [2.75, 3.05) is 30.0 Å². The Morgan fingerprint density at radius 3 is 2.65 bits per heavy atom. The van der Waals surface area contributed by atoms with Crippen LogP contribution in [0.1, 0.15) is 26.5 Å². The molecule has 1 saturated heterocycles. The topological polar surface area (TPSA) is 126 Å². The molecule has 10 heteroatoms. The second-order valence-electron chi connectivity index (χ2n) is 8.11. The molecule has 3 N–H and O–H groups in total. The van der Waals surface area contributed by atoms with Gasteiger partial charge in [-0.15, -0.1) is 0 Å². The van der Waals surface area contributed by atoms with Crippen LogP contribution in [-0.4, -0.2) is 59.3 Å². The summed E-state index contributed by atoms with van der Waals surface area (Å²) in [6.45, 7) is 6.27. The minimum Gasteiger partial charge on any atom is -0.444 e. The van der Waals surface area contributed by atoms with Crippen LogP contribution in [-0.2, 0) is 25.5 Å². The second kappa shape index (κ2) is 9.61. The van der Waals surface area contributed by atoms with Gasteiger partial charge in [-0.3, -0.25) is 9.59 Å². The lowest BCUT2D eigenvalue weighted by atomic mass is 10.1. The average Bonchev–Trinajstić information content (AvgIpc) is 3.20. The lowest BCUT2D eigenvalue weighted by Crippen LogP contribution is -2.47. The fourth-order valence-corrected chi connectivity index (χ4v) is 3.02. The van der Waals surface area contributed by atoms with Crippen molar-refractivity contribution in [3.63, 3.8) is 0 Å². The molecule has 1 aromatic heterocycles. The van der Waals surface area contributed by atoms with E-state index in [2.05, 4.69) is 20.6 Å². The van der Waals surface area contributed by atoms with Crippen molar-refractivity contribution in [2.24, 2.45) is 0 Å². The van der Waals surface area contributed by atoms with Crippen molar-refractivity contribution in [3.8, 4) is 0 Å². The second-order valence-corrected chi connectivity index (χ2v) is 8.11. The number of aromatic amines is 1. The fourth-order valence-electron chi connectivity index (χ4n) is 3.02. The molecule has 2 heterocycles. The first-order valence-corrected chi connectivity index (χ1v) is 9.97. The minimum atomic E-state index is -0.879. The molecule has 1 aliphatic rings. The Bertz CT molecular complexity index is 905. The SMILES string of the molecule is CC(C)(C)OC(=O)N[C@@H](Cc1cnc[nH]1)C(=O)Nc1ccc(N2CCOCC2=O)cc1. The van der Waals surface area contributed by atoms with Gasteiger partial charge >= 0.3 is 6.09 Å². The number of nitrogens with one attached hydrogen (secondary N) is 3. The molecule has 0 radical (unpaired) electrons. The highest BCUT2D eigenvalue weighted by atomic mass is 16.6. The van der Waals surface area contributed by atoms with Gasteiger partial charge in [0.1, 0.15) is 18.2 Å². The van der Waals surface area contributed by atoms with E-state index >= 15 is 0 Å². The molecule has 3 amide bonds. The molecule has 0 aliphatic carbocycles. The number of carbonyl (C=O) groups is 3. The molecular weight excluding hydrogens is 402 g/mol. The lowest BCUT2D eigenvalue weighted by Gasteiger charge is -2.27. The maximum Gasteiger partial charge on any atom is 0.408 e. The number of morpholine rings is 1. The smallest absolute Gasteiger partial charge is 0.408 e. The highest BCUT2D eigenvalue weighted by molar-refractivity contribution is 5.98. The molecular formula is C21H27N5O5. The Balaban J connectivity index is 1.67. The van der Waals surface area contributed by atoms with Gasteiger partial charge in [-0.05, 0) is 45.0 Å². The van der Waals surface area contributed by atoms with Crippen LogP contribution in [0, 0.1) is 0 Å². The molecule has 31 heavy (non-hydrogen) atoms. The van der Waals surface area contributed by atoms with E-state index in [0.717, 1.165) is 5.69 Å². The number of hydrogen-bond acceptors (Lipinski definition) is 6. The van der Waals surface area contributed by atoms with Gasteiger partial charge in [0.2, 0.25) is 5.91 Å². The monoisotopic (exact) mass is 429 g/mol. The van der Waals surface area contributed by atoms with E-state index in [1.165, 1.54) is 6.33 Å². The van der Waals surface area contributed by atoms with Crippen molar-refractivity contribution < 1.29 is 23.9 Å². The van der Waals surface area contributed by atoms with E-state index < -0.39 is 23.6 Å². The number of nitrogens with zero attached hydrogens (tertiary/aromatic N) is 2. The third kappa shape index (κ3) is 6.54. The number of ether oxygens (including phenoxy) is 2. The number of benzene rings is 1. The zero-order chi connectivity index (χ0) is 22.4. The summed E-state index contributed by atoms with van der Waals surface area (Å²) in [6.07, 6.45) is 2.62. The molecule has 10 nitrogen and oxygen atoms in total. The zero-order valence-corrected chi connectivity index (χ0v) is 17.8. The van der Waals surface area contributed by atoms with Crippen LogP contribution in [0.2, 0.25) is 0 Å². The number of aromatic nitrogens is 2. The summed E-state index contributed by atoms with van der Waals surface area (Å²) in [6, 6.07) is 6.04. The van der Waals surface area contributed by atoms with Gasteiger partial charge in [-0.25, -0.2) is 9.78 Å². The summed E-state index contributed by atoms with van der Waals surface area (Å²) in [4.78, 5) is 45.6. The number of carbonyl (C=O) groups excluding carboxylic acids is 3. The van der Waals surface area contributed by atoms with Crippen LogP contribution in [0.3, 0.4) is 0 Å². The molecule has 3 rings (SSSR count). The number of anilines is 2. The van der Waals surface area contributed by atoms with E-state index in [4.69, 9.17) is 9.47 Å². The number of imidazole rings is 1. The number of rotatable bonds is 6. The standard InChI is InChI=1S/C21H27N5O5/c1-21(2,3)31-20(29)25-17(10-15-11-22-13-23-15)19(28)24-14-4-6-16(7-5-14)26-8-9-30-12-18(26)27/h4-7,11,13,17H,8-10,12H2,1-3H3,(H,22,23)(H,24,28)(H,25,29)/t17-/m0/s1. The third-order valence-electron chi connectivity index (χ3n) is 4.42. The summed E-state index contributed by atoms with van der Waals surface area (Å²) >= 11 is 0. The van der Waals surface area contributed by atoms with E-state index in [9.17, 15) is 14.4 Å². The quantitative estimate of drug-likeness (QED) is 0.643. The van der Waals surface area contributed by atoms with Crippen LogP contribution >= 0.6 is 0 Å². The molecule has 1 atom stereocenters. The average molecular weight is 429 g/mol. The van der Waals surface area contributed by atoms with E-state index in [-0.39, 0.29) is 18.9 Å². The Kier molecular flexibility index (Phi) is 6.91. The predicted octanol–water partition coefficient (Wildman–Crippen LogP) is 1.85. The molecule has 0 saturated carbocycles. The largest absolute Gasteiger partial charge is 0.444 e. The molecule has 2 aromatic rings. The summed E-state index contributed by atoms with van der Waals surface area (Å²) in [5.74, 6) is -0.514. The van der Waals surface area contributed by atoms with Crippen molar-refractivity contribution in [3.05, 3.63) is 42.5 Å². The van der Waals surface area contributed by atoms with Gasteiger partial charge in [0.25, 0.3) is 5.91 Å². The van der Waals surface area contributed by atoms with Gasteiger partial charge in [0.15, 0.2) is 0 Å². The zero-order valence-electron chi connectivity index (χ0n) is 17.8. The van der Waals surface area contributed by atoms with Crippen LogP contribution in [0.15, 0.2) is 36.8 Å². The Morgan fingerprint density at radius 2 is 2.03 bits per heavy atom. The van der Waals surface area contributed by atoms with E-state index in [1.807, 2.05) is 0 Å². The van der Waals surface area contributed by atoms with E-state index in [1.54, 1.807) is 56.1 Å². The Morgan fingerprint density at radius 1 is 1.29 bits per heavy atom. The first kappa shape index (κ1) is 22.3. The van der Waals surface area contributed by atoms with Crippen LogP contribution < -0.4 is 15.5 Å². The number of amides is 3. The maximum atomic E-state index is 12.9. The molecule has 1 fully saturated rings. The first-order chi connectivity index (χ1) is 14.7. The van der Waals surface area contributed by atoms with Gasteiger partial charge in [0.05, 0.1) is 12.9 Å². The number of hydrogen-bond donors (Lipinski definition) is 3. The molecule has 1 aliphatic heterocycles. The van der Waals surface area contributed by atoms with Gasteiger partial charge in [0, 0.05) is 36.2 Å². The van der Waals surface area contributed by atoms with Crippen LogP contribution in [0.5, 0.6) is 0 Å². The normalized spacial score (nSPS) is 15.3. The lowest BCUT2D eigenvalue weighted by molar-refractivity contribution is -0.125. The van der Waals surface area contributed by atoms with Gasteiger partial charge < -0.3 is 30.0 Å². The molecule has 0 bridgehead atoms. The third-order valence-corrected chi connectivity index (χ3v) is 4.42. The minimum absolute atomic E-state index is 0.0596. The Hall–Kier alpha value is -3.40. The van der Waals surface area contributed by atoms with Gasteiger partial charge in [-0.2, -0.15) is 0 Å². The molecule has 0 spiro atoms. The summed E-state index contributed by atoms with van der Waals surface area (Å²) < 4.78 is 10.4. The summed E-state index contributed by atoms with van der Waals surface area (Å²) in [5, 5.41) is 5.41. The van der Waals surface area contributed by atoms with E-state index in [0.29, 0.717) is 24.5 Å². The van der Waals surface area contributed by atoms with Crippen molar-refractivity contribution in [1.29, 1.82) is 0 Å². The highest BCUT2D eigenvalue weighted by Crippen LogP contribution is 2.20. The number of H-pyrrole nitrogens is 1. The fraction of sp³-hybridized carbons (Fsp3) is 0.429. The maximum absolute atomic E-state index is 12.9. The predicted molar refractivity (Wildman–Crippen MR) is 114 cm³/mol. The molecule has 1 aromatic carbocycles. The first-order valence-electron chi connectivity index (χ1n) is 9.97. The Labute approximate surface area is 180 Å². The van der Waals surface area contributed by atoms with Crippen LogP contribution in [0.25, 0.3) is 0 Å². The molecule has 0 unspecified atom stereocenters. The van der Waals surface area contributed by atoms with Gasteiger partial charge in [-0.1, -0.05) is 0 Å². The highest BCUT2D eigenvalue weighted by Gasteiger charge is 2.26. The summed E-state index contributed by atoms with van der Waals surface area (Å²) in [7, 11) is 0. The molecule has 166 valence electrons. The number of alkyl carbamates (subject to hydrolysis) is 1. The summed E-state index contributed by atoms with van der Waals surface area (Å²) in [5.41, 5.74) is 1.27. The van der Waals surface area contributed by atoms with Crippen LogP contribution in [0.4, 0.5) is 16.2 Å². The van der Waals surface area contributed by atoms with Crippen molar-refractivity contribution in [1.82, 2.24) is 15.3 Å².